The molecule has 0 spiro atoms. The Balaban J connectivity index is 1.71. The lowest BCUT2D eigenvalue weighted by atomic mass is 10.2. The van der Waals surface area contributed by atoms with Crippen molar-refractivity contribution in [1.82, 2.24) is 14.1 Å². The van der Waals surface area contributed by atoms with Crippen LogP contribution in [0.25, 0.3) is 6.08 Å². The van der Waals surface area contributed by atoms with Crippen LogP contribution in [0.15, 0.2) is 34.0 Å². The molecule has 30 heavy (non-hydrogen) atoms. The lowest BCUT2D eigenvalue weighted by Crippen LogP contribution is -2.42. The third-order valence-electron chi connectivity index (χ3n) is 4.71. The lowest BCUT2D eigenvalue weighted by Gasteiger charge is -2.14. The van der Waals surface area contributed by atoms with Crippen molar-refractivity contribution in [3.63, 3.8) is 0 Å². The summed E-state index contributed by atoms with van der Waals surface area (Å²) in [4.78, 5) is 41.3. The van der Waals surface area contributed by atoms with Crippen LogP contribution in [0, 0.1) is 0 Å². The van der Waals surface area contributed by atoms with Gasteiger partial charge < -0.3 is 20.5 Å². The van der Waals surface area contributed by atoms with Gasteiger partial charge in [0.25, 0.3) is 5.56 Å². The monoisotopic (exact) mass is 415 g/mol. The second-order valence-electron chi connectivity index (χ2n) is 6.69. The third-order valence-corrected chi connectivity index (χ3v) is 4.71. The highest BCUT2D eigenvalue weighted by molar-refractivity contribution is 6.03. The summed E-state index contributed by atoms with van der Waals surface area (Å²) in [6.07, 6.45) is 5.23. The summed E-state index contributed by atoms with van der Waals surface area (Å²) < 4.78 is 13.2. The van der Waals surface area contributed by atoms with Crippen LogP contribution in [-0.4, -0.2) is 39.3 Å². The van der Waals surface area contributed by atoms with Gasteiger partial charge in [0.2, 0.25) is 11.8 Å². The second kappa shape index (κ2) is 9.40. The number of nitrogens with zero attached hydrogens (tertiary/aromatic N) is 3. The van der Waals surface area contributed by atoms with Crippen molar-refractivity contribution in [3.05, 3.63) is 50.8 Å². The molecule has 1 atom stereocenters. The van der Waals surface area contributed by atoms with Crippen molar-refractivity contribution >= 4 is 23.5 Å². The van der Waals surface area contributed by atoms with Crippen LogP contribution >= 0.6 is 0 Å². The average Bonchev–Trinajstić information content (AvgIpc) is 3.24. The van der Waals surface area contributed by atoms with E-state index in [1.165, 1.54) is 10.6 Å². The van der Waals surface area contributed by atoms with E-state index >= 15 is 0 Å². The molecule has 1 saturated heterocycles. The molecule has 10 nitrogen and oxygen atoms in total. The van der Waals surface area contributed by atoms with Gasteiger partial charge in [-0.1, -0.05) is 0 Å². The van der Waals surface area contributed by atoms with Gasteiger partial charge in [-0.25, -0.2) is 9.78 Å². The summed E-state index contributed by atoms with van der Waals surface area (Å²) in [6, 6.07) is 3.47. The number of anilines is 2. The maximum Gasteiger partial charge on any atom is 0.332 e. The number of hydrogen-bond acceptors (Lipinski definition) is 7. The van der Waals surface area contributed by atoms with E-state index < -0.39 is 17.2 Å². The number of amides is 1. The molecule has 3 heterocycles. The smallest absolute Gasteiger partial charge is 0.332 e. The van der Waals surface area contributed by atoms with Gasteiger partial charge in [-0.15, -0.1) is 0 Å². The van der Waals surface area contributed by atoms with E-state index in [2.05, 4.69) is 10.3 Å². The van der Waals surface area contributed by atoms with Gasteiger partial charge in [-0.2, -0.15) is 0 Å². The maximum absolute atomic E-state index is 12.5. The van der Waals surface area contributed by atoms with Crippen molar-refractivity contribution in [3.8, 4) is 5.88 Å². The molecule has 0 radical (unpaired) electrons. The van der Waals surface area contributed by atoms with Crippen molar-refractivity contribution in [1.29, 1.82) is 0 Å². The average molecular weight is 415 g/mol. The molecule has 1 aliphatic rings. The maximum atomic E-state index is 12.5. The molecule has 2 aromatic heterocycles. The number of aromatic nitrogens is 3. The molecule has 1 fully saturated rings. The number of hydrogen-bond donors (Lipinski definition) is 2. The molecule has 3 rings (SSSR count). The molecule has 3 N–H and O–H groups in total. The van der Waals surface area contributed by atoms with Crippen LogP contribution in [0.1, 0.15) is 25.8 Å². The predicted octanol–water partition coefficient (Wildman–Crippen LogP) is 0.847. The Hall–Kier alpha value is -3.40. The number of nitrogens with one attached hydrogen (secondary N) is 1. The predicted molar refractivity (Wildman–Crippen MR) is 112 cm³/mol. The summed E-state index contributed by atoms with van der Waals surface area (Å²) >= 11 is 0. The summed E-state index contributed by atoms with van der Waals surface area (Å²) in [7, 11) is 0. The summed E-state index contributed by atoms with van der Waals surface area (Å²) in [5.74, 6) is -0.133. The largest absolute Gasteiger partial charge is 0.472 e. The van der Waals surface area contributed by atoms with E-state index in [1.807, 2.05) is 0 Å². The van der Waals surface area contributed by atoms with Crippen LogP contribution in [0.5, 0.6) is 5.88 Å². The van der Waals surface area contributed by atoms with Crippen molar-refractivity contribution in [2.75, 3.05) is 24.3 Å². The molecule has 0 bridgehead atoms. The third kappa shape index (κ3) is 4.60. The number of nitrogen functional groups attached to an aromatic ring is 1. The zero-order valence-corrected chi connectivity index (χ0v) is 17.0. The first-order valence-electron chi connectivity index (χ1n) is 9.77. The Morgan fingerprint density at radius 1 is 1.33 bits per heavy atom. The Bertz CT molecular complexity index is 1050. The van der Waals surface area contributed by atoms with Crippen LogP contribution < -0.4 is 27.0 Å². The van der Waals surface area contributed by atoms with Crippen LogP contribution in [0.2, 0.25) is 0 Å². The number of nitrogens with two attached hydrogens (primary N) is 1. The first-order chi connectivity index (χ1) is 14.4. The van der Waals surface area contributed by atoms with E-state index in [0.29, 0.717) is 24.7 Å². The van der Waals surface area contributed by atoms with Gasteiger partial charge in [-0.05, 0) is 31.6 Å². The molecule has 1 aliphatic heterocycles. The minimum Gasteiger partial charge on any atom is -0.472 e. The topological polar surface area (TPSA) is 130 Å². The summed E-state index contributed by atoms with van der Waals surface area (Å²) in [5.41, 5.74) is 5.36. The number of carbonyl (C=O) groups excluding carboxylic acids is 1. The minimum atomic E-state index is -0.634. The van der Waals surface area contributed by atoms with Crippen molar-refractivity contribution in [2.24, 2.45) is 0 Å². The van der Waals surface area contributed by atoms with Crippen LogP contribution in [-0.2, 0) is 22.6 Å². The molecular formula is C20H25N5O5. The van der Waals surface area contributed by atoms with Gasteiger partial charge in [0.1, 0.15) is 17.6 Å². The zero-order chi connectivity index (χ0) is 21.7. The van der Waals surface area contributed by atoms with Gasteiger partial charge in [0.05, 0.1) is 13.2 Å². The zero-order valence-electron chi connectivity index (χ0n) is 17.0. The van der Waals surface area contributed by atoms with E-state index in [0.717, 1.165) is 11.0 Å². The number of pyridine rings is 1. The highest BCUT2D eigenvalue weighted by atomic mass is 16.5. The SMILES string of the molecule is CCn1c(N)c(NC(=O)C=Cc2ccc(OC3CCOC3)nc2)c(=O)n(CC)c1=O. The standard InChI is InChI=1S/C20H25N5O5/c1-3-24-18(21)17(19(27)25(4-2)20(24)28)23-15(26)7-5-13-6-8-16(22-11-13)30-14-9-10-29-12-14/h5-8,11,14H,3-4,9-10,12,21H2,1-2H3,(H,23,26). The van der Waals surface area contributed by atoms with Gasteiger partial charge >= 0.3 is 5.69 Å². The van der Waals surface area contributed by atoms with Gasteiger partial charge in [0.15, 0.2) is 0 Å². The fourth-order valence-electron chi connectivity index (χ4n) is 3.09. The molecule has 0 aliphatic carbocycles. The van der Waals surface area contributed by atoms with Crippen LogP contribution in [0.4, 0.5) is 11.5 Å². The first-order valence-corrected chi connectivity index (χ1v) is 9.77. The normalized spacial score (nSPS) is 16.1. The molecule has 0 saturated carbocycles. The first kappa shape index (κ1) is 21.3. The molecular weight excluding hydrogens is 390 g/mol. The van der Waals surface area contributed by atoms with Gasteiger partial charge in [-0.3, -0.25) is 18.7 Å². The molecule has 10 heteroatoms. The molecule has 1 unspecified atom stereocenters. The molecule has 2 aromatic rings. The molecule has 160 valence electrons. The Kier molecular flexibility index (Phi) is 6.68. The van der Waals surface area contributed by atoms with E-state index in [-0.39, 0.29) is 30.7 Å². The molecule has 1 amide bonds. The highest BCUT2D eigenvalue weighted by Gasteiger charge is 2.18. The van der Waals surface area contributed by atoms with Crippen LogP contribution in [0.3, 0.4) is 0 Å². The number of ether oxygens (including phenoxy) is 2. The minimum absolute atomic E-state index is 0.00804. The van der Waals surface area contributed by atoms with Gasteiger partial charge in [0, 0.05) is 37.8 Å². The van der Waals surface area contributed by atoms with Crippen molar-refractivity contribution in [2.45, 2.75) is 39.5 Å². The van der Waals surface area contributed by atoms with E-state index in [4.69, 9.17) is 15.2 Å². The molecule has 0 aromatic carbocycles. The fourth-order valence-corrected chi connectivity index (χ4v) is 3.09. The summed E-state index contributed by atoms with van der Waals surface area (Å²) in [5, 5.41) is 2.48. The van der Waals surface area contributed by atoms with Crippen molar-refractivity contribution < 1.29 is 14.3 Å². The van der Waals surface area contributed by atoms with E-state index in [9.17, 15) is 14.4 Å². The quantitative estimate of drug-likeness (QED) is 0.641. The Morgan fingerprint density at radius 3 is 2.70 bits per heavy atom. The number of rotatable bonds is 7. The summed E-state index contributed by atoms with van der Waals surface area (Å²) in [6.45, 7) is 5.08. The number of carbonyl (C=O) groups is 1. The Labute approximate surface area is 172 Å². The lowest BCUT2D eigenvalue weighted by molar-refractivity contribution is -0.111. The Morgan fingerprint density at radius 2 is 2.10 bits per heavy atom. The van der Waals surface area contributed by atoms with E-state index in [1.54, 1.807) is 38.3 Å². The fraction of sp³-hybridized carbons (Fsp3) is 0.400. The highest BCUT2D eigenvalue weighted by Crippen LogP contribution is 2.15. The second-order valence-corrected chi connectivity index (χ2v) is 6.69.